The minimum absolute atomic E-state index is 0.0384. The van der Waals surface area contributed by atoms with Gasteiger partial charge in [0, 0.05) is 37.4 Å². The molecule has 2 heterocycles. The van der Waals surface area contributed by atoms with Crippen molar-refractivity contribution < 1.29 is 9.53 Å². The number of hydrogen-bond donors (Lipinski definition) is 1. The van der Waals surface area contributed by atoms with Gasteiger partial charge in [-0.2, -0.15) is 0 Å². The van der Waals surface area contributed by atoms with Gasteiger partial charge >= 0.3 is 0 Å². The Morgan fingerprint density at radius 1 is 1.26 bits per heavy atom. The minimum Gasteiger partial charge on any atom is -0.497 e. The van der Waals surface area contributed by atoms with Crippen LogP contribution in [0.25, 0.3) is 0 Å². The van der Waals surface area contributed by atoms with E-state index in [2.05, 4.69) is 23.4 Å². The molecule has 3 rings (SSSR count). The highest BCUT2D eigenvalue weighted by atomic mass is 16.5. The first-order valence-corrected chi connectivity index (χ1v) is 9.69. The maximum Gasteiger partial charge on any atom is 0.239 e. The summed E-state index contributed by atoms with van der Waals surface area (Å²) in [6, 6.07) is 7.62. The van der Waals surface area contributed by atoms with Gasteiger partial charge in [-0.3, -0.25) is 4.79 Å². The molecule has 146 valence electrons. The number of methoxy groups -OCH3 is 1. The fourth-order valence-corrected chi connectivity index (χ4v) is 3.77. The van der Waals surface area contributed by atoms with Gasteiger partial charge in [0.05, 0.1) is 13.2 Å². The number of carbonyl (C=O) groups excluding carboxylic acids is 1. The number of amides is 1. The third kappa shape index (κ3) is 4.50. The number of piperidine rings is 1. The summed E-state index contributed by atoms with van der Waals surface area (Å²) < 4.78 is 7.40. The number of ether oxygens (including phenoxy) is 1. The quantitative estimate of drug-likeness (QED) is 0.848. The van der Waals surface area contributed by atoms with E-state index in [4.69, 9.17) is 10.5 Å². The molecule has 0 aliphatic carbocycles. The lowest BCUT2D eigenvalue weighted by atomic mass is 9.94. The second-order valence-electron chi connectivity index (χ2n) is 7.54. The van der Waals surface area contributed by atoms with E-state index in [-0.39, 0.29) is 5.91 Å². The summed E-state index contributed by atoms with van der Waals surface area (Å²) in [6.07, 6.45) is 6.33. The second-order valence-corrected chi connectivity index (χ2v) is 7.54. The Balaban J connectivity index is 1.55. The highest BCUT2D eigenvalue weighted by molar-refractivity contribution is 5.82. The Labute approximate surface area is 161 Å². The number of carbonyl (C=O) groups is 1. The van der Waals surface area contributed by atoms with Crippen LogP contribution in [0.4, 0.5) is 0 Å². The molecular formula is C21H30N4O2. The summed E-state index contributed by atoms with van der Waals surface area (Å²) in [7, 11) is 1.64. The SMILES string of the molecule is COc1ccc(C[C@H](N)C(=O)N2CCC(c3nccn3C(C)C)CC2)cc1. The summed E-state index contributed by atoms with van der Waals surface area (Å²) >= 11 is 0. The zero-order valence-corrected chi connectivity index (χ0v) is 16.5. The Bertz CT molecular complexity index is 746. The molecule has 1 aliphatic rings. The lowest BCUT2D eigenvalue weighted by molar-refractivity contribution is -0.133. The summed E-state index contributed by atoms with van der Waals surface area (Å²) in [4.78, 5) is 19.2. The summed E-state index contributed by atoms with van der Waals surface area (Å²) in [5.74, 6) is 2.39. The Morgan fingerprint density at radius 3 is 2.52 bits per heavy atom. The Morgan fingerprint density at radius 2 is 1.93 bits per heavy atom. The number of rotatable bonds is 6. The van der Waals surface area contributed by atoms with E-state index in [1.807, 2.05) is 41.6 Å². The molecule has 2 N–H and O–H groups in total. The molecule has 0 radical (unpaired) electrons. The number of hydrogen-bond acceptors (Lipinski definition) is 4. The van der Waals surface area contributed by atoms with Gasteiger partial charge in [0.1, 0.15) is 11.6 Å². The zero-order chi connectivity index (χ0) is 19.4. The molecular weight excluding hydrogens is 340 g/mol. The maximum atomic E-state index is 12.7. The summed E-state index contributed by atoms with van der Waals surface area (Å²) in [5, 5.41) is 0. The molecule has 2 aromatic rings. The van der Waals surface area contributed by atoms with Crippen molar-refractivity contribution in [2.45, 2.75) is 51.1 Å². The molecule has 1 aliphatic heterocycles. The smallest absolute Gasteiger partial charge is 0.239 e. The van der Waals surface area contributed by atoms with Gasteiger partial charge in [-0.15, -0.1) is 0 Å². The van der Waals surface area contributed by atoms with Crippen LogP contribution in [0.2, 0.25) is 0 Å². The maximum absolute atomic E-state index is 12.7. The van der Waals surface area contributed by atoms with E-state index < -0.39 is 6.04 Å². The van der Waals surface area contributed by atoms with Crippen LogP contribution < -0.4 is 10.5 Å². The molecule has 6 nitrogen and oxygen atoms in total. The highest BCUT2D eigenvalue weighted by Gasteiger charge is 2.29. The molecule has 1 aromatic carbocycles. The van der Waals surface area contributed by atoms with Gasteiger partial charge in [-0.25, -0.2) is 4.98 Å². The van der Waals surface area contributed by atoms with Crippen LogP contribution in [0.3, 0.4) is 0 Å². The number of benzene rings is 1. The molecule has 1 fully saturated rings. The van der Waals surface area contributed by atoms with Crippen LogP contribution in [0.15, 0.2) is 36.7 Å². The molecule has 6 heteroatoms. The lowest BCUT2D eigenvalue weighted by Gasteiger charge is -2.33. The van der Waals surface area contributed by atoms with Gasteiger partial charge in [0.15, 0.2) is 0 Å². The summed E-state index contributed by atoms with van der Waals surface area (Å²) in [6.45, 7) is 5.82. The number of imidazole rings is 1. The molecule has 1 saturated heterocycles. The number of likely N-dealkylation sites (tertiary alicyclic amines) is 1. The van der Waals surface area contributed by atoms with Crippen molar-refractivity contribution in [3.05, 3.63) is 48.0 Å². The first-order valence-electron chi connectivity index (χ1n) is 9.69. The fraction of sp³-hybridized carbons (Fsp3) is 0.524. The first kappa shape index (κ1) is 19.4. The average Bonchev–Trinajstić information content (AvgIpc) is 3.18. The fourth-order valence-electron chi connectivity index (χ4n) is 3.77. The van der Waals surface area contributed by atoms with Crippen molar-refractivity contribution in [1.29, 1.82) is 0 Å². The van der Waals surface area contributed by atoms with Gasteiger partial charge in [0.25, 0.3) is 0 Å². The lowest BCUT2D eigenvalue weighted by Crippen LogP contribution is -2.48. The van der Waals surface area contributed by atoms with E-state index in [1.54, 1.807) is 7.11 Å². The molecule has 1 atom stereocenters. The van der Waals surface area contributed by atoms with Crippen molar-refractivity contribution >= 4 is 5.91 Å². The third-order valence-electron chi connectivity index (χ3n) is 5.36. The molecule has 0 unspecified atom stereocenters. The molecule has 27 heavy (non-hydrogen) atoms. The monoisotopic (exact) mass is 370 g/mol. The van der Waals surface area contributed by atoms with Crippen LogP contribution in [0.5, 0.6) is 5.75 Å². The van der Waals surface area contributed by atoms with Gasteiger partial charge in [0.2, 0.25) is 5.91 Å². The number of nitrogens with zero attached hydrogens (tertiary/aromatic N) is 3. The van der Waals surface area contributed by atoms with Crippen molar-refractivity contribution in [1.82, 2.24) is 14.5 Å². The zero-order valence-electron chi connectivity index (χ0n) is 16.5. The van der Waals surface area contributed by atoms with E-state index in [0.29, 0.717) is 18.4 Å². The Kier molecular flexibility index (Phi) is 6.16. The van der Waals surface area contributed by atoms with Crippen LogP contribution in [-0.2, 0) is 11.2 Å². The molecule has 0 saturated carbocycles. The number of nitrogens with two attached hydrogens (primary N) is 1. The topological polar surface area (TPSA) is 73.4 Å². The van der Waals surface area contributed by atoms with E-state index in [1.165, 1.54) is 0 Å². The normalized spacial score (nSPS) is 16.6. The summed E-state index contributed by atoms with van der Waals surface area (Å²) in [5.41, 5.74) is 7.25. The van der Waals surface area contributed by atoms with Crippen LogP contribution >= 0.6 is 0 Å². The second kappa shape index (κ2) is 8.57. The van der Waals surface area contributed by atoms with E-state index >= 15 is 0 Å². The minimum atomic E-state index is -0.507. The standard InChI is InChI=1S/C21H30N4O2/c1-15(2)25-13-10-23-20(25)17-8-11-24(12-9-17)21(26)19(22)14-16-4-6-18(27-3)7-5-16/h4-7,10,13,15,17,19H,8-9,11-12,14,22H2,1-3H3/t19-/m0/s1. The largest absolute Gasteiger partial charge is 0.497 e. The number of aromatic nitrogens is 2. The molecule has 1 aromatic heterocycles. The van der Waals surface area contributed by atoms with Crippen molar-refractivity contribution in [2.75, 3.05) is 20.2 Å². The predicted octanol–water partition coefficient (Wildman–Crippen LogP) is 2.75. The third-order valence-corrected chi connectivity index (χ3v) is 5.36. The van der Waals surface area contributed by atoms with Gasteiger partial charge in [-0.05, 0) is 50.8 Å². The van der Waals surface area contributed by atoms with Crippen molar-refractivity contribution in [2.24, 2.45) is 5.73 Å². The van der Waals surface area contributed by atoms with Crippen LogP contribution in [-0.4, -0.2) is 46.6 Å². The van der Waals surface area contributed by atoms with E-state index in [9.17, 15) is 4.79 Å². The Hall–Kier alpha value is -2.34. The molecule has 0 spiro atoms. The highest BCUT2D eigenvalue weighted by Crippen LogP contribution is 2.28. The molecule has 1 amide bonds. The van der Waals surface area contributed by atoms with Gasteiger partial charge in [-0.1, -0.05) is 12.1 Å². The van der Waals surface area contributed by atoms with E-state index in [0.717, 1.165) is 43.1 Å². The van der Waals surface area contributed by atoms with Crippen molar-refractivity contribution in [3.63, 3.8) is 0 Å². The predicted molar refractivity (Wildman–Crippen MR) is 106 cm³/mol. The van der Waals surface area contributed by atoms with Crippen LogP contribution in [0.1, 0.15) is 50.0 Å². The average molecular weight is 370 g/mol. The molecule has 0 bridgehead atoms. The van der Waals surface area contributed by atoms with Gasteiger partial charge < -0.3 is 19.9 Å². The van der Waals surface area contributed by atoms with Crippen LogP contribution in [0, 0.1) is 0 Å². The van der Waals surface area contributed by atoms with Crippen molar-refractivity contribution in [3.8, 4) is 5.75 Å². The first-order chi connectivity index (χ1) is 13.0.